The number of nitrogens with one attached hydrogen (secondary N) is 1. The molecule has 1 N–H and O–H groups in total. The molecule has 0 saturated carbocycles. The number of benzene rings is 1. The number of ether oxygens (including phenoxy) is 1. The fraction of sp³-hybridized carbons (Fsp3) is 0.467. The van der Waals surface area contributed by atoms with Gasteiger partial charge in [0, 0.05) is 37.6 Å². The van der Waals surface area contributed by atoms with E-state index in [1.807, 2.05) is 13.1 Å². The first kappa shape index (κ1) is 13.1. The molecule has 0 spiro atoms. The van der Waals surface area contributed by atoms with Crippen molar-refractivity contribution in [2.75, 3.05) is 25.6 Å². The molecule has 1 fully saturated rings. The quantitative estimate of drug-likeness (QED) is 0.887. The zero-order chi connectivity index (χ0) is 14.1. The zero-order valence-electron chi connectivity index (χ0n) is 11.5. The second-order valence-electron chi connectivity index (χ2n) is 5.36. The molecule has 5 heteroatoms. The van der Waals surface area contributed by atoms with Gasteiger partial charge in [-0.05, 0) is 30.5 Å². The van der Waals surface area contributed by atoms with Crippen molar-refractivity contribution in [3.05, 3.63) is 29.3 Å². The summed E-state index contributed by atoms with van der Waals surface area (Å²) in [5.41, 5.74) is 2.35. The van der Waals surface area contributed by atoms with Gasteiger partial charge in [0.2, 0.25) is 5.91 Å². The van der Waals surface area contributed by atoms with Crippen LogP contribution < -0.4 is 5.32 Å². The van der Waals surface area contributed by atoms with Crippen molar-refractivity contribution in [2.45, 2.75) is 25.3 Å². The lowest BCUT2D eigenvalue weighted by molar-refractivity contribution is -0.115. The van der Waals surface area contributed by atoms with E-state index < -0.39 is 0 Å². The van der Waals surface area contributed by atoms with Crippen LogP contribution in [0.2, 0.25) is 0 Å². The topological polar surface area (TPSA) is 58.6 Å². The lowest BCUT2D eigenvalue weighted by atomic mass is 10.0. The highest BCUT2D eigenvalue weighted by Gasteiger charge is 2.25. The predicted octanol–water partition coefficient (Wildman–Crippen LogP) is 1.43. The Morgan fingerprint density at radius 3 is 2.85 bits per heavy atom. The highest BCUT2D eigenvalue weighted by molar-refractivity contribution is 6.02. The molecule has 0 aliphatic carbocycles. The number of hydrogen-bond acceptors (Lipinski definition) is 3. The number of nitrogens with zero attached hydrogens (tertiary/aromatic N) is 1. The van der Waals surface area contributed by atoms with E-state index in [9.17, 15) is 9.59 Å². The van der Waals surface area contributed by atoms with Gasteiger partial charge in [0.15, 0.2) is 0 Å². The van der Waals surface area contributed by atoms with Crippen LogP contribution in [-0.4, -0.2) is 43.0 Å². The van der Waals surface area contributed by atoms with Crippen LogP contribution in [0.3, 0.4) is 0 Å². The van der Waals surface area contributed by atoms with Crippen molar-refractivity contribution in [3.8, 4) is 0 Å². The van der Waals surface area contributed by atoms with Crippen LogP contribution in [0.1, 0.15) is 28.8 Å². The van der Waals surface area contributed by atoms with Gasteiger partial charge in [-0.2, -0.15) is 0 Å². The normalized spacial score (nSPS) is 18.6. The largest absolute Gasteiger partial charge is 0.381 e. The van der Waals surface area contributed by atoms with Crippen molar-refractivity contribution >= 4 is 17.5 Å². The van der Waals surface area contributed by atoms with Crippen molar-refractivity contribution in [3.63, 3.8) is 0 Å². The molecular formula is C15H18N2O3. The molecule has 1 aromatic rings. The minimum Gasteiger partial charge on any atom is -0.381 e. The second kappa shape index (κ2) is 5.25. The summed E-state index contributed by atoms with van der Waals surface area (Å²) < 4.78 is 5.32. The van der Waals surface area contributed by atoms with E-state index in [4.69, 9.17) is 4.74 Å². The van der Waals surface area contributed by atoms with Crippen LogP contribution in [0.5, 0.6) is 0 Å². The Morgan fingerprint density at radius 2 is 2.10 bits per heavy atom. The Balaban J connectivity index is 1.77. The number of hydrogen-bond donors (Lipinski definition) is 1. The van der Waals surface area contributed by atoms with Gasteiger partial charge in [-0.1, -0.05) is 6.07 Å². The summed E-state index contributed by atoms with van der Waals surface area (Å²) in [4.78, 5) is 25.6. The molecule has 0 atom stereocenters. The summed E-state index contributed by atoms with van der Waals surface area (Å²) in [5.74, 6) is -0.0109. The number of amides is 2. The van der Waals surface area contributed by atoms with Crippen LogP contribution >= 0.6 is 0 Å². The Morgan fingerprint density at radius 1 is 1.35 bits per heavy atom. The number of carbonyl (C=O) groups is 2. The molecule has 0 radical (unpaired) electrons. The average molecular weight is 274 g/mol. The molecule has 1 aromatic carbocycles. The molecule has 2 amide bonds. The van der Waals surface area contributed by atoms with Crippen molar-refractivity contribution in [1.29, 1.82) is 0 Å². The minimum absolute atomic E-state index is 0.000786. The second-order valence-corrected chi connectivity index (χ2v) is 5.36. The molecule has 106 valence electrons. The van der Waals surface area contributed by atoms with Crippen molar-refractivity contribution in [2.24, 2.45) is 0 Å². The van der Waals surface area contributed by atoms with Gasteiger partial charge in [0.05, 0.1) is 6.42 Å². The summed E-state index contributed by atoms with van der Waals surface area (Å²) >= 11 is 0. The third-order valence-electron chi connectivity index (χ3n) is 4.04. The summed E-state index contributed by atoms with van der Waals surface area (Å²) in [5, 5.41) is 2.78. The SMILES string of the molecule is CN(C(=O)c1ccc2c(c1)NC(=O)C2)C1CCOCC1. The fourth-order valence-electron chi connectivity index (χ4n) is 2.79. The zero-order valence-corrected chi connectivity index (χ0v) is 11.5. The maximum atomic E-state index is 12.5. The van der Waals surface area contributed by atoms with Gasteiger partial charge >= 0.3 is 0 Å². The number of fused-ring (bicyclic) bond motifs is 1. The maximum absolute atomic E-state index is 12.5. The molecule has 2 heterocycles. The molecule has 1 saturated heterocycles. The molecule has 0 bridgehead atoms. The van der Waals surface area contributed by atoms with Gasteiger partial charge in [-0.25, -0.2) is 0 Å². The summed E-state index contributed by atoms with van der Waals surface area (Å²) in [6.07, 6.45) is 2.16. The third-order valence-corrected chi connectivity index (χ3v) is 4.04. The molecule has 2 aliphatic heterocycles. The number of anilines is 1. The van der Waals surface area contributed by atoms with Crippen molar-refractivity contribution in [1.82, 2.24) is 4.90 Å². The molecular weight excluding hydrogens is 256 g/mol. The van der Waals surface area contributed by atoms with Crippen LogP contribution in [0.15, 0.2) is 18.2 Å². The monoisotopic (exact) mass is 274 g/mol. The van der Waals surface area contributed by atoms with E-state index in [0.717, 1.165) is 24.1 Å². The van der Waals surface area contributed by atoms with Crippen molar-refractivity contribution < 1.29 is 14.3 Å². The highest BCUT2D eigenvalue weighted by atomic mass is 16.5. The van der Waals surface area contributed by atoms with Crippen LogP contribution in [0, 0.1) is 0 Å². The van der Waals surface area contributed by atoms with E-state index >= 15 is 0 Å². The van der Waals surface area contributed by atoms with E-state index in [2.05, 4.69) is 5.32 Å². The Hall–Kier alpha value is -1.88. The molecule has 0 aromatic heterocycles. The molecule has 5 nitrogen and oxygen atoms in total. The minimum atomic E-state index is -0.0117. The first-order valence-electron chi connectivity index (χ1n) is 6.93. The van der Waals surface area contributed by atoms with Crippen LogP contribution in [-0.2, 0) is 16.0 Å². The molecule has 2 aliphatic rings. The van der Waals surface area contributed by atoms with Gasteiger partial charge in [-0.3, -0.25) is 9.59 Å². The summed E-state index contributed by atoms with van der Waals surface area (Å²) in [6, 6.07) is 5.67. The number of carbonyl (C=O) groups excluding carboxylic acids is 2. The van der Waals surface area contributed by atoms with Gasteiger partial charge < -0.3 is 15.0 Å². The van der Waals surface area contributed by atoms with E-state index in [0.29, 0.717) is 25.2 Å². The smallest absolute Gasteiger partial charge is 0.253 e. The van der Waals surface area contributed by atoms with Gasteiger partial charge in [0.25, 0.3) is 5.91 Å². The van der Waals surface area contributed by atoms with E-state index in [-0.39, 0.29) is 17.9 Å². The lowest BCUT2D eigenvalue weighted by Crippen LogP contribution is -2.40. The maximum Gasteiger partial charge on any atom is 0.253 e. The van der Waals surface area contributed by atoms with Gasteiger partial charge in [-0.15, -0.1) is 0 Å². The van der Waals surface area contributed by atoms with E-state index in [1.54, 1.807) is 17.0 Å². The van der Waals surface area contributed by atoms with Gasteiger partial charge in [0.1, 0.15) is 0 Å². The van der Waals surface area contributed by atoms with Crippen LogP contribution in [0.25, 0.3) is 0 Å². The Labute approximate surface area is 117 Å². The Kier molecular flexibility index (Phi) is 3.44. The molecule has 0 unspecified atom stereocenters. The summed E-state index contributed by atoms with van der Waals surface area (Å²) in [7, 11) is 1.84. The Bertz CT molecular complexity index is 550. The number of rotatable bonds is 2. The molecule has 20 heavy (non-hydrogen) atoms. The highest BCUT2D eigenvalue weighted by Crippen LogP contribution is 2.25. The summed E-state index contributed by atoms with van der Waals surface area (Å²) in [6.45, 7) is 1.42. The standard InChI is InChI=1S/C15H18N2O3/c1-17(12-4-6-20-7-5-12)15(19)11-3-2-10-9-14(18)16-13(10)8-11/h2-3,8,12H,4-7,9H2,1H3,(H,16,18). The van der Waals surface area contributed by atoms with E-state index in [1.165, 1.54) is 0 Å². The first-order chi connectivity index (χ1) is 9.65. The first-order valence-corrected chi connectivity index (χ1v) is 6.93. The lowest BCUT2D eigenvalue weighted by Gasteiger charge is -2.31. The van der Waals surface area contributed by atoms with Crippen LogP contribution in [0.4, 0.5) is 5.69 Å². The molecule has 3 rings (SSSR count). The fourth-order valence-corrected chi connectivity index (χ4v) is 2.79. The predicted molar refractivity (Wildman–Crippen MR) is 74.7 cm³/mol. The third kappa shape index (κ3) is 2.41. The average Bonchev–Trinajstić information content (AvgIpc) is 2.85.